The number of aromatic nitrogens is 4. The molecule has 4 aromatic rings. The molecule has 0 radical (unpaired) electrons. The maximum atomic E-state index is 4.67. The number of H-pyrrole nitrogens is 2. The zero-order valence-corrected chi connectivity index (χ0v) is 12.1. The van der Waals surface area contributed by atoms with Crippen LogP contribution in [-0.2, 0) is 6.42 Å². The van der Waals surface area contributed by atoms with Gasteiger partial charge in [0.05, 0.1) is 27.3 Å². The lowest BCUT2D eigenvalue weighted by molar-refractivity contribution is 0.829. The van der Waals surface area contributed by atoms with E-state index in [2.05, 4.69) is 32.6 Å². The molecule has 0 saturated heterocycles. The van der Waals surface area contributed by atoms with Gasteiger partial charge in [-0.2, -0.15) is 12.6 Å². The lowest BCUT2D eigenvalue weighted by atomic mass is 10.3. The second-order valence-corrected chi connectivity index (χ2v) is 5.68. The van der Waals surface area contributed by atoms with E-state index >= 15 is 0 Å². The monoisotopic (exact) mass is 294 g/mol. The van der Waals surface area contributed by atoms with Crippen molar-refractivity contribution in [1.82, 2.24) is 19.9 Å². The van der Waals surface area contributed by atoms with Gasteiger partial charge in [0.15, 0.2) is 0 Å². The zero-order chi connectivity index (χ0) is 14.2. The molecule has 0 fully saturated rings. The Morgan fingerprint density at radius 1 is 0.857 bits per heavy atom. The van der Waals surface area contributed by atoms with Gasteiger partial charge in [0.25, 0.3) is 0 Å². The summed E-state index contributed by atoms with van der Waals surface area (Å²) in [4.78, 5) is 15.8. The molecule has 0 aliphatic carbocycles. The molecule has 0 spiro atoms. The summed E-state index contributed by atoms with van der Waals surface area (Å²) in [6, 6.07) is 16.0. The first kappa shape index (κ1) is 12.5. The number of fused-ring (bicyclic) bond motifs is 2. The lowest BCUT2D eigenvalue weighted by Gasteiger charge is -2.04. The van der Waals surface area contributed by atoms with Crippen molar-refractivity contribution in [2.24, 2.45) is 0 Å². The summed E-state index contributed by atoms with van der Waals surface area (Å²) in [5.74, 6) is 1.80. The normalized spacial score (nSPS) is 13.0. The fourth-order valence-electron chi connectivity index (χ4n) is 2.51. The summed E-state index contributed by atoms with van der Waals surface area (Å²) in [7, 11) is 0. The van der Waals surface area contributed by atoms with E-state index in [9.17, 15) is 0 Å². The van der Waals surface area contributed by atoms with Crippen molar-refractivity contribution >= 4 is 34.7 Å². The van der Waals surface area contributed by atoms with Crippen LogP contribution in [0.3, 0.4) is 0 Å². The minimum Gasteiger partial charge on any atom is -0.342 e. The van der Waals surface area contributed by atoms with Crippen LogP contribution in [0, 0.1) is 0 Å². The van der Waals surface area contributed by atoms with Gasteiger partial charge in [-0.25, -0.2) is 9.97 Å². The molecule has 4 nitrogen and oxygen atoms in total. The van der Waals surface area contributed by atoms with E-state index in [0.717, 1.165) is 33.7 Å². The predicted molar refractivity (Wildman–Crippen MR) is 87.6 cm³/mol. The van der Waals surface area contributed by atoms with E-state index in [1.807, 2.05) is 48.5 Å². The Morgan fingerprint density at radius 3 is 2.14 bits per heavy atom. The Balaban J connectivity index is 1.63. The molecule has 104 valence electrons. The average Bonchev–Trinajstić information content (AvgIpc) is 3.10. The summed E-state index contributed by atoms with van der Waals surface area (Å²) in [6.07, 6.45) is 0.706. The molecule has 0 aliphatic rings. The van der Waals surface area contributed by atoms with Crippen molar-refractivity contribution in [3.05, 3.63) is 60.2 Å². The summed E-state index contributed by atoms with van der Waals surface area (Å²) >= 11 is 4.67. The number of rotatable bonds is 3. The fourth-order valence-corrected chi connectivity index (χ4v) is 2.81. The van der Waals surface area contributed by atoms with Crippen LogP contribution in [-0.4, -0.2) is 19.9 Å². The first-order valence-corrected chi connectivity index (χ1v) is 7.37. The molecule has 0 saturated carbocycles. The summed E-state index contributed by atoms with van der Waals surface area (Å²) in [5, 5.41) is -0.0158. The highest BCUT2D eigenvalue weighted by Gasteiger charge is 2.14. The highest BCUT2D eigenvalue weighted by molar-refractivity contribution is 7.80. The van der Waals surface area contributed by atoms with Crippen LogP contribution in [0.1, 0.15) is 16.9 Å². The zero-order valence-electron chi connectivity index (χ0n) is 11.2. The van der Waals surface area contributed by atoms with Crippen molar-refractivity contribution in [2.45, 2.75) is 11.7 Å². The van der Waals surface area contributed by atoms with Gasteiger partial charge in [-0.1, -0.05) is 24.3 Å². The molecule has 1 unspecified atom stereocenters. The number of nitrogens with zero attached hydrogens (tertiary/aromatic N) is 2. The van der Waals surface area contributed by atoms with Crippen molar-refractivity contribution in [3.63, 3.8) is 0 Å². The second kappa shape index (κ2) is 4.93. The molecule has 0 bridgehead atoms. The fraction of sp³-hybridized carbons (Fsp3) is 0.125. The van der Waals surface area contributed by atoms with E-state index in [0.29, 0.717) is 6.42 Å². The SMILES string of the molecule is SC(Cc1nc2ccccc2[nH]1)c1nc2ccccc2[nH]1. The third-order valence-corrected chi connectivity index (χ3v) is 3.98. The second-order valence-electron chi connectivity index (χ2n) is 5.06. The van der Waals surface area contributed by atoms with Gasteiger partial charge < -0.3 is 9.97 Å². The molecule has 4 rings (SSSR count). The maximum absolute atomic E-state index is 4.67. The van der Waals surface area contributed by atoms with E-state index in [1.54, 1.807) is 0 Å². The van der Waals surface area contributed by atoms with Gasteiger partial charge in [-0.15, -0.1) is 0 Å². The van der Waals surface area contributed by atoms with Crippen LogP contribution in [0.5, 0.6) is 0 Å². The summed E-state index contributed by atoms with van der Waals surface area (Å²) in [5.41, 5.74) is 4.04. The van der Waals surface area contributed by atoms with Crippen molar-refractivity contribution in [1.29, 1.82) is 0 Å². The first-order valence-electron chi connectivity index (χ1n) is 6.86. The van der Waals surface area contributed by atoms with E-state index in [4.69, 9.17) is 0 Å². The quantitative estimate of drug-likeness (QED) is 0.505. The van der Waals surface area contributed by atoms with E-state index in [-0.39, 0.29) is 5.25 Å². The largest absolute Gasteiger partial charge is 0.342 e. The summed E-state index contributed by atoms with van der Waals surface area (Å²) < 4.78 is 0. The Morgan fingerprint density at radius 2 is 1.48 bits per heavy atom. The minimum absolute atomic E-state index is 0.0158. The van der Waals surface area contributed by atoms with Gasteiger partial charge in [0.1, 0.15) is 11.6 Å². The van der Waals surface area contributed by atoms with Gasteiger partial charge in [-0.3, -0.25) is 0 Å². The molecule has 0 aliphatic heterocycles. The summed E-state index contributed by atoms with van der Waals surface area (Å²) in [6.45, 7) is 0. The molecule has 21 heavy (non-hydrogen) atoms. The highest BCUT2D eigenvalue weighted by atomic mass is 32.1. The van der Waals surface area contributed by atoms with Gasteiger partial charge in [-0.05, 0) is 24.3 Å². The smallest absolute Gasteiger partial charge is 0.120 e. The Hall–Kier alpha value is -2.27. The highest BCUT2D eigenvalue weighted by Crippen LogP contribution is 2.24. The standard InChI is InChI=1S/C16H14N4S/c21-14(16-19-12-7-3-4-8-13(12)20-16)9-15-17-10-5-1-2-6-11(10)18-15/h1-8,14,21H,9H2,(H,17,18)(H,19,20). The van der Waals surface area contributed by atoms with Crippen molar-refractivity contribution in [3.8, 4) is 0 Å². The van der Waals surface area contributed by atoms with Crippen LogP contribution in [0.15, 0.2) is 48.5 Å². The third-order valence-electron chi connectivity index (χ3n) is 3.55. The molecule has 2 aromatic carbocycles. The number of imidazole rings is 2. The number of nitrogens with one attached hydrogen (secondary N) is 2. The number of para-hydroxylation sites is 4. The van der Waals surface area contributed by atoms with Gasteiger partial charge >= 0.3 is 0 Å². The first-order chi connectivity index (χ1) is 10.3. The van der Waals surface area contributed by atoms with E-state index in [1.165, 1.54) is 0 Å². The molecular weight excluding hydrogens is 280 g/mol. The van der Waals surface area contributed by atoms with Crippen molar-refractivity contribution < 1.29 is 0 Å². The van der Waals surface area contributed by atoms with Gasteiger partial charge in [0.2, 0.25) is 0 Å². The maximum Gasteiger partial charge on any atom is 0.120 e. The third kappa shape index (κ3) is 2.29. The number of aromatic amines is 2. The number of benzene rings is 2. The molecule has 5 heteroatoms. The van der Waals surface area contributed by atoms with E-state index < -0.39 is 0 Å². The molecule has 1 atom stereocenters. The predicted octanol–water partition coefficient (Wildman–Crippen LogP) is 3.65. The molecule has 2 N–H and O–H groups in total. The van der Waals surface area contributed by atoms with Crippen LogP contribution in [0.25, 0.3) is 22.1 Å². The van der Waals surface area contributed by atoms with Crippen LogP contribution < -0.4 is 0 Å². The van der Waals surface area contributed by atoms with Crippen LogP contribution in [0.2, 0.25) is 0 Å². The van der Waals surface area contributed by atoms with Gasteiger partial charge in [0, 0.05) is 6.42 Å². The van der Waals surface area contributed by atoms with Crippen LogP contribution in [0.4, 0.5) is 0 Å². The molecule has 0 amide bonds. The lowest BCUT2D eigenvalue weighted by Crippen LogP contribution is -1.99. The minimum atomic E-state index is -0.0158. The Bertz CT molecular complexity index is 843. The van der Waals surface area contributed by atoms with Crippen LogP contribution >= 0.6 is 12.6 Å². The Labute approximate surface area is 127 Å². The molecular formula is C16H14N4S. The Kier molecular flexibility index (Phi) is 2.93. The number of thiol groups is 1. The number of hydrogen-bond acceptors (Lipinski definition) is 3. The number of hydrogen-bond donors (Lipinski definition) is 3. The average molecular weight is 294 g/mol. The van der Waals surface area contributed by atoms with Crippen molar-refractivity contribution in [2.75, 3.05) is 0 Å². The topological polar surface area (TPSA) is 57.4 Å². The molecule has 2 aromatic heterocycles. The molecule has 2 heterocycles.